The van der Waals surface area contributed by atoms with Crippen molar-refractivity contribution in [3.8, 4) is 5.69 Å². The molecular formula is C18H21ClN4O. The zero-order valence-electron chi connectivity index (χ0n) is 13.7. The highest BCUT2D eigenvalue weighted by Gasteiger charge is 2.39. The number of nitrogens with one attached hydrogen (secondary N) is 1. The van der Waals surface area contributed by atoms with Crippen LogP contribution in [0.3, 0.4) is 0 Å². The summed E-state index contributed by atoms with van der Waals surface area (Å²) in [7, 11) is 0. The number of nitrogens with zero attached hydrogens (tertiary/aromatic N) is 3. The number of amides is 1. The Labute approximate surface area is 146 Å². The molecule has 126 valence electrons. The second-order valence-electron chi connectivity index (χ2n) is 6.60. The minimum Gasteiger partial charge on any atom is -0.331 e. The van der Waals surface area contributed by atoms with E-state index in [2.05, 4.69) is 15.3 Å². The lowest BCUT2D eigenvalue weighted by Crippen LogP contribution is -2.42. The van der Waals surface area contributed by atoms with E-state index in [4.69, 9.17) is 11.6 Å². The molecule has 6 heteroatoms. The SMILES string of the molecule is Cc1c(C(=O)N2C3CCNCC2CC3)cnn1-c1ccccc1Cl. The maximum absolute atomic E-state index is 13.2. The smallest absolute Gasteiger partial charge is 0.257 e. The topological polar surface area (TPSA) is 50.2 Å². The minimum absolute atomic E-state index is 0.0991. The third-order valence-corrected chi connectivity index (χ3v) is 5.53. The van der Waals surface area contributed by atoms with Gasteiger partial charge in [0.1, 0.15) is 0 Å². The minimum atomic E-state index is 0.0991. The zero-order chi connectivity index (χ0) is 16.7. The molecule has 1 aromatic carbocycles. The summed E-state index contributed by atoms with van der Waals surface area (Å²) in [6.45, 7) is 3.81. The van der Waals surface area contributed by atoms with Gasteiger partial charge in [-0.15, -0.1) is 0 Å². The third-order valence-electron chi connectivity index (χ3n) is 5.21. The number of carbonyl (C=O) groups excluding carboxylic acids is 1. The monoisotopic (exact) mass is 344 g/mol. The fraction of sp³-hybridized carbons (Fsp3) is 0.444. The molecule has 3 heterocycles. The normalized spacial score (nSPS) is 23.3. The lowest BCUT2D eigenvalue weighted by atomic mass is 10.1. The van der Waals surface area contributed by atoms with Gasteiger partial charge in [0.2, 0.25) is 0 Å². The van der Waals surface area contributed by atoms with Crippen molar-refractivity contribution in [1.82, 2.24) is 20.0 Å². The molecule has 1 amide bonds. The van der Waals surface area contributed by atoms with Crippen molar-refractivity contribution < 1.29 is 4.79 Å². The number of hydrogen-bond donors (Lipinski definition) is 1. The van der Waals surface area contributed by atoms with Gasteiger partial charge in [-0.3, -0.25) is 4.79 Å². The highest BCUT2D eigenvalue weighted by atomic mass is 35.5. The van der Waals surface area contributed by atoms with Crippen LogP contribution in [0.5, 0.6) is 0 Å². The summed E-state index contributed by atoms with van der Waals surface area (Å²) in [6, 6.07) is 8.20. The molecule has 24 heavy (non-hydrogen) atoms. The molecule has 2 fully saturated rings. The van der Waals surface area contributed by atoms with Crippen LogP contribution in [0, 0.1) is 6.92 Å². The quantitative estimate of drug-likeness (QED) is 0.911. The lowest BCUT2D eigenvalue weighted by molar-refractivity contribution is 0.0679. The van der Waals surface area contributed by atoms with Crippen molar-refractivity contribution in [2.75, 3.05) is 13.1 Å². The maximum atomic E-state index is 13.2. The first-order valence-corrected chi connectivity index (χ1v) is 8.87. The van der Waals surface area contributed by atoms with Gasteiger partial charge in [-0.05, 0) is 44.9 Å². The molecule has 1 N–H and O–H groups in total. The van der Waals surface area contributed by atoms with Crippen molar-refractivity contribution in [3.63, 3.8) is 0 Å². The fourth-order valence-electron chi connectivity index (χ4n) is 3.94. The van der Waals surface area contributed by atoms with Gasteiger partial charge in [0.05, 0.1) is 28.2 Å². The lowest BCUT2D eigenvalue weighted by Gasteiger charge is -2.27. The van der Waals surface area contributed by atoms with Crippen molar-refractivity contribution in [1.29, 1.82) is 0 Å². The van der Waals surface area contributed by atoms with Crippen molar-refractivity contribution in [2.24, 2.45) is 0 Å². The number of para-hydroxylation sites is 1. The van der Waals surface area contributed by atoms with Gasteiger partial charge >= 0.3 is 0 Å². The van der Waals surface area contributed by atoms with E-state index in [1.165, 1.54) is 0 Å². The van der Waals surface area contributed by atoms with E-state index in [9.17, 15) is 4.79 Å². The van der Waals surface area contributed by atoms with E-state index in [1.54, 1.807) is 10.9 Å². The summed E-state index contributed by atoms with van der Waals surface area (Å²) < 4.78 is 1.76. The Morgan fingerprint density at radius 1 is 1.25 bits per heavy atom. The van der Waals surface area contributed by atoms with Crippen LogP contribution in [-0.2, 0) is 0 Å². The van der Waals surface area contributed by atoms with Crippen LogP contribution in [0.1, 0.15) is 35.3 Å². The number of rotatable bonds is 2. The van der Waals surface area contributed by atoms with Crippen LogP contribution in [0.2, 0.25) is 5.02 Å². The van der Waals surface area contributed by atoms with E-state index >= 15 is 0 Å². The summed E-state index contributed by atoms with van der Waals surface area (Å²) in [6.07, 6.45) is 4.90. The molecule has 4 rings (SSSR count). The van der Waals surface area contributed by atoms with E-state index in [0.29, 0.717) is 22.7 Å². The van der Waals surface area contributed by atoms with Crippen LogP contribution in [-0.4, -0.2) is 45.8 Å². The molecule has 0 radical (unpaired) electrons. The predicted octanol–water partition coefficient (Wildman–Crippen LogP) is 2.80. The van der Waals surface area contributed by atoms with Crippen molar-refractivity contribution in [3.05, 3.63) is 46.7 Å². The first-order chi connectivity index (χ1) is 11.7. The number of aromatic nitrogens is 2. The van der Waals surface area contributed by atoms with Crippen LogP contribution in [0.4, 0.5) is 0 Å². The van der Waals surface area contributed by atoms with Crippen LogP contribution < -0.4 is 5.32 Å². The highest BCUT2D eigenvalue weighted by molar-refractivity contribution is 6.32. The zero-order valence-corrected chi connectivity index (χ0v) is 14.5. The number of fused-ring (bicyclic) bond motifs is 2. The van der Waals surface area contributed by atoms with Gasteiger partial charge in [0.15, 0.2) is 0 Å². The average Bonchev–Trinajstić information content (AvgIpc) is 3.06. The molecule has 0 saturated carbocycles. The molecule has 5 nitrogen and oxygen atoms in total. The Hall–Kier alpha value is -1.85. The molecule has 2 atom stereocenters. The van der Waals surface area contributed by atoms with Gasteiger partial charge in [0.25, 0.3) is 5.91 Å². The highest BCUT2D eigenvalue weighted by Crippen LogP contribution is 2.31. The van der Waals surface area contributed by atoms with Gasteiger partial charge in [-0.2, -0.15) is 5.10 Å². The number of carbonyl (C=O) groups is 1. The third kappa shape index (κ3) is 2.52. The van der Waals surface area contributed by atoms with E-state index in [1.807, 2.05) is 31.2 Å². The Balaban J connectivity index is 1.68. The molecule has 1 aromatic heterocycles. The van der Waals surface area contributed by atoms with E-state index in [-0.39, 0.29) is 5.91 Å². The fourth-order valence-corrected chi connectivity index (χ4v) is 4.15. The molecule has 2 aliphatic rings. The van der Waals surface area contributed by atoms with Gasteiger partial charge in [-0.1, -0.05) is 23.7 Å². The summed E-state index contributed by atoms with van der Waals surface area (Å²) in [5.41, 5.74) is 2.31. The van der Waals surface area contributed by atoms with E-state index in [0.717, 1.165) is 43.7 Å². The van der Waals surface area contributed by atoms with Crippen LogP contribution in [0.15, 0.2) is 30.5 Å². The van der Waals surface area contributed by atoms with Crippen LogP contribution >= 0.6 is 11.6 Å². The summed E-state index contributed by atoms with van der Waals surface area (Å²) >= 11 is 6.28. The first kappa shape index (κ1) is 15.7. The van der Waals surface area contributed by atoms with Crippen molar-refractivity contribution in [2.45, 2.75) is 38.3 Å². The predicted molar refractivity (Wildman–Crippen MR) is 93.8 cm³/mol. The number of halogens is 1. The molecule has 2 saturated heterocycles. The summed E-state index contributed by atoms with van der Waals surface area (Å²) in [5.74, 6) is 0.0991. The Morgan fingerprint density at radius 2 is 2.04 bits per heavy atom. The molecule has 0 spiro atoms. The summed E-state index contributed by atoms with van der Waals surface area (Å²) in [5, 5.41) is 8.49. The summed E-state index contributed by atoms with van der Waals surface area (Å²) in [4.78, 5) is 15.3. The molecule has 2 aliphatic heterocycles. The second kappa shape index (κ2) is 6.22. The molecular weight excluding hydrogens is 324 g/mol. The Kier molecular flexibility index (Phi) is 4.06. The number of hydrogen-bond acceptors (Lipinski definition) is 3. The molecule has 0 aliphatic carbocycles. The van der Waals surface area contributed by atoms with Gasteiger partial charge < -0.3 is 10.2 Å². The largest absolute Gasteiger partial charge is 0.331 e. The molecule has 2 bridgehead atoms. The van der Waals surface area contributed by atoms with Crippen molar-refractivity contribution >= 4 is 17.5 Å². The first-order valence-electron chi connectivity index (χ1n) is 8.49. The number of benzene rings is 1. The van der Waals surface area contributed by atoms with Gasteiger partial charge in [-0.25, -0.2) is 4.68 Å². The van der Waals surface area contributed by atoms with E-state index < -0.39 is 0 Å². The standard InChI is InChI=1S/C18H21ClN4O/c1-12-15(11-21-23(12)17-5-3-2-4-16(17)19)18(24)22-13-6-7-14(22)10-20-9-8-13/h2-5,11,13-14,20H,6-10H2,1H3. The van der Waals surface area contributed by atoms with Gasteiger partial charge in [0, 0.05) is 18.6 Å². The average molecular weight is 345 g/mol. The molecule has 2 unspecified atom stereocenters. The molecule has 2 aromatic rings. The van der Waals surface area contributed by atoms with Crippen LogP contribution in [0.25, 0.3) is 5.69 Å². The second-order valence-corrected chi connectivity index (χ2v) is 7.00. The maximum Gasteiger partial charge on any atom is 0.257 e. The Morgan fingerprint density at radius 3 is 2.88 bits per heavy atom. The Bertz CT molecular complexity index is 758.